The molecular formula is C12H10F4O2. The minimum Gasteiger partial charge on any atom is -0.478 e. The lowest BCUT2D eigenvalue weighted by Gasteiger charge is -2.11. The maximum Gasteiger partial charge on any atom is 0.419 e. The van der Waals surface area contributed by atoms with Crippen molar-refractivity contribution < 1.29 is 27.5 Å². The highest BCUT2D eigenvalue weighted by atomic mass is 19.4. The second kappa shape index (κ2) is 4.80. The van der Waals surface area contributed by atoms with Gasteiger partial charge in [0.15, 0.2) is 0 Å². The molecule has 0 fully saturated rings. The molecule has 18 heavy (non-hydrogen) atoms. The lowest BCUT2D eigenvalue weighted by Crippen LogP contribution is -2.09. The van der Waals surface area contributed by atoms with Gasteiger partial charge in [-0.15, -0.1) is 0 Å². The number of hydrogen-bond donors (Lipinski definition) is 1. The molecule has 0 heterocycles. The molecule has 0 aliphatic heterocycles. The number of benzene rings is 1. The van der Waals surface area contributed by atoms with E-state index in [9.17, 15) is 22.4 Å². The van der Waals surface area contributed by atoms with Crippen LogP contribution in [0.2, 0.25) is 0 Å². The third-order valence-electron chi connectivity index (χ3n) is 2.59. The topological polar surface area (TPSA) is 37.3 Å². The molecule has 1 aromatic carbocycles. The fourth-order valence-electron chi connectivity index (χ4n) is 1.35. The zero-order chi connectivity index (χ0) is 14.1. The summed E-state index contributed by atoms with van der Waals surface area (Å²) in [4.78, 5) is 10.7. The van der Waals surface area contributed by atoms with Crippen LogP contribution in [0.1, 0.15) is 25.0 Å². The van der Waals surface area contributed by atoms with Crippen LogP contribution in [0.3, 0.4) is 0 Å². The van der Waals surface area contributed by atoms with E-state index >= 15 is 0 Å². The third kappa shape index (κ3) is 2.88. The van der Waals surface area contributed by atoms with Crippen LogP contribution in [0.25, 0.3) is 5.57 Å². The van der Waals surface area contributed by atoms with E-state index in [4.69, 9.17) is 5.11 Å². The first-order chi connectivity index (χ1) is 8.14. The van der Waals surface area contributed by atoms with Gasteiger partial charge < -0.3 is 5.11 Å². The Morgan fingerprint density at radius 3 is 2.22 bits per heavy atom. The zero-order valence-electron chi connectivity index (χ0n) is 9.60. The number of carboxylic acid groups (broad SMARTS) is 1. The molecule has 0 saturated heterocycles. The Balaban J connectivity index is 3.39. The molecule has 0 aromatic heterocycles. The zero-order valence-corrected chi connectivity index (χ0v) is 9.60. The Hall–Kier alpha value is -1.85. The summed E-state index contributed by atoms with van der Waals surface area (Å²) >= 11 is 0. The lowest BCUT2D eigenvalue weighted by molar-refractivity contribution is -0.140. The van der Waals surface area contributed by atoms with Crippen LogP contribution in [0.5, 0.6) is 0 Å². The molecule has 0 unspecified atom stereocenters. The van der Waals surface area contributed by atoms with Crippen molar-refractivity contribution in [2.45, 2.75) is 20.0 Å². The first-order valence-electron chi connectivity index (χ1n) is 4.92. The minimum atomic E-state index is -4.81. The maximum atomic E-state index is 13.0. The molecule has 0 amide bonds. The van der Waals surface area contributed by atoms with Gasteiger partial charge in [-0.3, -0.25) is 0 Å². The summed E-state index contributed by atoms with van der Waals surface area (Å²) in [6.07, 6.45) is -4.81. The average Bonchev–Trinajstić information content (AvgIpc) is 2.26. The normalized spacial score (nSPS) is 13.2. The molecule has 0 spiro atoms. The highest BCUT2D eigenvalue weighted by molar-refractivity contribution is 5.95. The van der Waals surface area contributed by atoms with Gasteiger partial charge in [-0.2, -0.15) is 13.2 Å². The van der Waals surface area contributed by atoms with Gasteiger partial charge in [-0.25, -0.2) is 9.18 Å². The number of allylic oxidation sites excluding steroid dienone is 1. The fraction of sp³-hybridized carbons (Fsp3) is 0.250. The Labute approximate surface area is 101 Å². The van der Waals surface area contributed by atoms with Gasteiger partial charge in [0, 0.05) is 5.57 Å². The van der Waals surface area contributed by atoms with Crippen molar-refractivity contribution in [2.24, 2.45) is 0 Å². The van der Waals surface area contributed by atoms with Crippen LogP contribution >= 0.6 is 0 Å². The summed E-state index contributed by atoms with van der Waals surface area (Å²) in [6.45, 7) is 2.64. The molecule has 2 nitrogen and oxygen atoms in total. The van der Waals surface area contributed by atoms with Crippen LogP contribution in [0.4, 0.5) is 17.6 Å². The minimum absolute atomic E-state index is 0.0311. The molecule has 1 N–H and O–H groups in total. The van der Waals surface area contributed by atoms with Crippen molar-refractivity contribution in [1.82, 2.24) is 0 Å². The Morgan fingerprint density at radius 1 is 1.22 bits per heavy atom. The highest BCUT2D eigenvalue weighted by Gasteiger charge is 2.34. The number of carbonyl (C=O) groups is 1. The predicted octanol–water partition coefficient (Wildman–Crippen LogP) is 3.72. The summed E-state index contributed by atoms with van der Waals surface area (Å²) < 4.78 is 50.5. The summed E-state index contributed by atoms with van der Waals surface area (Å²) in [5.74, 6) is -2.61. The molecule has 1 rings (SSSR count). The van der Waals surface area contributed by atoms with Crippen molar-refractivity contribution in [2.75, 3.05) is 0 Å². The van der Waals surface area contributed by atoms with E-state index < -0.39 is 23.5 Å². The molecule has 0 aliphatic rings. The Kier molecular flexibility index (Phi) is 3.79. The number of alkyl halides is 3. The summed E-state index contributed by atoms with van der Waals surface area (Å²) in [6, 6.07) is 2.40. The van der Waals surface area contributed by atoms with E-state index in [0.29, 0.717) is 12.1 Å². The average molecular weight is 262 g/mol. The highest BCUT2D eigenvalue weighted by Crippen LogP contribution is 2.33. The lowest BCUT2D eigenvalue weighted by atomic mass is 10.00. The Bertz CT molecular complexity index is 515. The predicted molar refractivity (Wildman–Crippen MR) is 57.3 cm³/mol. The van der Waals surface area contributed by atoms with E-state index in [1.807, 2.05) is 0 Å². The number of rotatable bonds is 2. The summed E-state index contributed by atoms with van der Waals surface area (Å²) in [7, 11) is 0. The SMILES string of the molecule is C/C(C(=O)O)=C(\C)c1ccc(F)c(C(F)(F)F)c1. The van der Waals surface area contributed by atoms with Gasteiger partial charge in [0.25, 0.3) is 0 Å². The standard InChI is InChI=1S/C12H10F4O2/c1-6(7(2)11(17)18)8-3-4-10(13)9(5-8)12(14,15)16/h3-5H,1-2H3,(H,17,18)/b7-6-. The van der Waals surface area contributed by atoms with E-state index in [-0.39, 0.29) is 16.7 Å². The molecule has 0 aliphatic carbocycles. The van der Waals surface area contributed by atoms with Crippen LogP contribution < -0.4 is 0 Å². The first kappa shape index (κ1) is 14.2. The molecule has 6 heteroatoms. The van der Waals surface area contributed by atoms with Crippen molar-refractivity contribution in [3.63, 3.8) is 0 Å². The van der Waals surface area contributed by atoms with Gasteiger partial charge in [-0.1, -0.05) is 6.07 Å². The van der Waals surface area contributed by atoms with E-state index in [0.717, 1.165) is 6.07 Å². The quantitative estimate of drug-likeness (QED) is 0.651. The number of aliphatic carboxylic acids is 1. The van der Waals surface area contributed by atoms with E-state index in [1.54, 1.807) is 0 Å². The monoisotopic (exact) mass is 262 g/mol. The molecule has 0 radical (unpaired) electrons. The van der Waals surface area contributed by atoms with Crippen molar-refractivity contribution in [1.29, 1.82) is 0 Å². The van der Waals surface area contributed by atoms with Gasteiger partial charge in [0.1, 0.15) is 5.82 Å². The van der Waals surface area contributed by atoms with Crippen molar-refractivity contribution >= 4 is 11.5 Å². The second-order valence-electron chi connectivity index (χ2n) is 3.75. The van der Waals surface area contributed by atoms with Crippen LogP contribution in [0, 0.1) is 5.82 Å². The summed E-state index contributed by atoms with van der Waals surface area (Å²) in [5, 5.41) is 8.74. The van der Waals surface area contributed by atoms with Crippen molar-refractivity contribution in [3.05, 3.63) is 40.7 Å². The number of carboxylic acids is 1. The van der Waals surface area contributed by atoms with Crippen LogP contribution in [-0.4, -0.2) is 11.1 Å². The van der Waals surface area contributed by atoms with Gasteiger partial charge >= 0.3 is 12.1 Å². The molecule has 1 aromatic rings. The van der Waals surface area contributed by atoms with Crippen LogP contribution in [0.15, 0.2) is 23.8 Å². The second-order valence-corrected chi connectivity index (χ2v) is 3.75. The third-order valence-corrected chi connectivity index (χ3v) is 2.59. The molecule has 98 valence electrons. The van der Waals surface area contributed by atoms with E-state index in [1.165, 1.54) is 13.8 Å². The maximum absolute atomic E-state index is 13.0. The first-order valence-corrected chi connectivity index (χ1v) is 4.92. The molecular weight excluding hydrogens is 252 g/mol. The number of halogens is 4. The van der Waals surface area contributed by atoms with Crippen LogP contribution in [-0.2, 0) is 11.0 Å². The number of hydrogen-bond acceptors (Lipinski definition) is 1. The van der Waals surface area contributed by atoms with Crippen molar-refractivity contribution in [3.8, 4) is 0 Å². The largest absolute Gasteiger partial charge is 0.478 e. The summed E-state index contributed by atoms with van der Waals surface area (Å²) in [5.41, 5.74) is -1.30. The Morgan fingerprint density at radius 2 is 1.78 bits per heavy atom. The molecule has 0 bridgehead atoms. The molecule has 0 atom stereocenters. The van der Waals surface area contributed by atoms with Gasteiger partial charge in [0.2, 0.25) is 0 Å². The van der Waals surface area contributed by atoms with E-state index in [2.05, 4.69) is 0 Å². The molecule has 0 saturated carbocycles. The van der Waals surface area contributed by atoms with Gasteiger partial charge in [0.05, 0.1) is 5.56 Å². The smallest absolute Gasteiger partial charge is 0.419 e. The van der Waals surface area contributed by atoms with Gasteiger partial charge in [-0.05, 0) is 37.1 Å². The fourth-order valence-corrected chi connectivity index (χ4v) is 1.35.